The first kappa shape index (κ1) is 19.3. The number of carbonyl (C=O) groups excluding carboxylic acids is 1. The van der Waals surface area contributed by atoms with Gasteiger partial charge < -0.3 is 9.84 Å². The number of ether oxygens (including phenoxy) is 1. The second-order valence-corrected chi connectivity index (χ2v) is 9.16. The van der Waals surface area contributed by atoms with E-state index in [0.717, 1.165) is 25.0 Å². The van der Waals surface area contributed by atoms with E-state index in [1.54, 1.807) is 6.92 Å². The smallest absolute Gasteiger partial charge is 0.337 e. The van der Waals surface area contributed by atoms with Crippen molar-refractivity contribution in [1.82, 2.24) is 4.90 Å². The van der Waals surface area contributed by atoms with Crippen LogP contribution in [0.25, 0.3) is 0 Å². The molecule has 1 heterocycles. The maximum atomic E-state index is 12.0. The molecule has 1 saturated carbocycles. The van der Waals surface area contributed by atoms with Gasteiger partial charge in [-0.3, -0.25) is 4.90 Å². The highest BCUT2D eigenvalue weighted by molar-refractivity contribution is 5.87. The van der Waals surface area contributed by atoms with E-state index in [-0.39, 0.29) is 22.8 Å². The van der Waals surface area contributed by atoms with E-state index in [9.17, 15) is 4.79 Å². The van der Waals surface area contributed by atoms with Gasteiger partial charge in [-0.15, -0.1) is 0 Å². The summed E-state index contributed by atoms with van der Waals surface area (Å²) in [6.07, 6.45) is 7.57. The van der Waals surface area contributed by atoms with E-state index in [4.69, 9.17) is 9.84 Å². The zero-order valence-corrected chi connectivity index (χ0v) is 16.3. The maximum absolute atomic E-state index is 12.0. The number of carbonyl (C=O) groups is 1. The second kappa shape index (κ2) is 7.07. The summed E-state index contributed by atoms with van der Waals surface area (Å²) in [6, 6.07) is 0.627. The number of hydrogen-bond donors (Lipinski definition) is 1. The lowest BCUT2D eigenvalue weighted by Crippen LogP contribution is -2.65. The van der Waals surface area contributed by atoms with Gasteiger partial charge in [0.25, 0.3) is 0 Å². The molecule has 0 radical (unpaired) electrons. The van der Waals surface area contributed by atoms with Crippen LogP contribution in [0.3, 0.4) is 0 Å². The van der Waals surface area contributed by atoms with Crippen molar-refractivity contribution in [3.63, 3.8) is 0 Å². The molecule has 2 aliphatic rings. The lowest BCUT2D eigenvalue weighted by molar-refractivity contribution is -0.160. The normalized spacial score (nSPS) is 31.7. The first-order chi connectivity index (χ1) is 11.1. The average molecular weight is 338 g/mol. The lowest BCUT2D eigenvalue weighted by Gasteiger charge is -2.59. The number of likely N-dealkylation sites (tertiary alicyclic amines) is 1. The van der Waals surface area contributed by atoms with Crippen molar-refractivity contribution in [3.8, 4) is 0 Å². The Kier molecular flexibility index (Phi) is 5.68. The molecule has 0 aromatic heterocycles. The van der Waals surface area contributed by atoms with E-state index in [1.807, 2.05) is 0 Å². The minimum atomic E-state index is -0.408. The van der Waals surface area contributed by atoms with Gasteiger partial charge in [0.15, 0.2) is 0 Å². The number of aliphatic hydroxyl groups is 1. The largest absolute Gasteiger partial charge is 0.515 e. The number of aliphatic hydroxyl groups excluding tert-OH is 1. The molecule has 2 rings (SSSR count). The van der Waals surface area contributed by atoms with Gasteiger partial charge in [0.1, 0.15) is 6.10 Å². The fraction of sp³-hybridized carbons (Fsp3) is 0.850. The van der Waals surface area contributed by atoms with Gasteiger partial charge in [0.2, 0.25) is 0 Å². The summed E-state index contributed by atoms with van der Waals surface area (Å²) in [7, 11) is 0. The zero-order valence-electron chi connectivity index (χ0n) is 16.3. The van der Waals surface area contributed by atoms with Crippen molar-refractivity contribution in [2.45, 2.75) is 103 Å². The summed E-state index contributed by atoms with van der Waals surface area (Å²) < 4.78 is 5.67. The molecule has 0 aromatic carbocycles. The number of piperidine rings is 1. The number of rotatable bonds is 3. The number of nitrogens with zero attached hydrogens (tertiary/aromatic N) is 1. The standard InChI is InChI=1S/C20H35NO3/c1-14-7-9-16(10-8-14)21-19(3,4)11-17(12-20(21,5)6)24-18(23)15(2)13-22/h13-14,16-17,22H,7-12H2,1-6H3. The maximum Gasteiger partial charge on any atom is 0.337 e. The highest BCUT2D eigenvalue weighted by atomic mass is 16.5. The Morgan fingerprint density at radius 2 is 1.58 bits per heavy atom. The van der Waals surface area contributed by atoms with Crippen LogP contribution in [-0.2, 0) is 9.53 Å². The van der Waals surface area contributed by atoms with Crippen LogP contribution < -0.4 is 0 Å². The molecule has 1 N–H and O–H groups in total. The van der Waals surface area contributed by atoms with Crippen molar-refractivity contribution >= 4 is 5.97 Å². The predicted octanol–water partition coefficient (Wildman–Crippen LogP) is 4.59. The van der Waals surface area contributed by atoms with Crippen LogP contribution in [0.15, 0.2) is 11.8 Å². The van der Waals surface area contributed by atoms with Crippen LogP contribution in [0.2, 0.25) is 0 Å². The molecule has 0 aromatic rings. The molecule has 138 valence electrons. The van der Waals surface area contributed by atoms with Crippen LogP contribution in [0.4, 0.5) is 0 Å². The lowest BCUT2D eigenvalue weighted by atomic mass is 9.74. The zero-order chi connectivity index (χ0) is 18.1. The molecule has 0 amide bonds. The Balaban J connectivity index is 2.12. The molecular formula is C20H35NO3. The molecule has 0 spiro atoms. The topological polar surface area (TPSA) is 49.8 Å². The van der Waals surface area contributed by atoms with Crippen molar-refractivity contribution in [1.29, 1.82) is 0 Å². The molecule has 1 aliphatic carbocycles. The van der Waals surface area contributed by atoms with Gasteiger partial charge in [-0.25, -0.2) is 4.79 Å². The Morgan fingerprint density at radius 3 is 2.04 bits per heavy atom. The predicted molar refractivity (Wildman–Crippen MR) is 96.9 cm³/mol. The van der Waals surface area contributed by atoms with E-state index >= 15 is 0 Å². The van der Waals surface area contributed by atoms with Crippen LogP contribution in [0, 0.1) is 5.92 Å². The molecule has 1 saturated heterocycles. The third-order valence-corrected chi connectivity index (χ3v) is 5.90. The molecule has 24 heavy (non-hydrogen) atoms. The number of esters is 1. The van der Waals surface area contributed by atoms with Gasteiger partial charge in [-0.2, -0.15) is 0 Å². The van der Waals surface area contributed by atoms with E-state index in [1.165, 1.54) is 25.7 Å². The Morgan fingerprint density at radius 1 is 1.08 bits per heavy atom. The van der Waals surface area contributed by atoms with Crippen LogP contribution in [0.5, 0.6) is 0 Å². The fourth-order valence-electron chi connectivity index (χ4n) is 5.07. The van der Waals surface area contributed by atoms with Crippen LogP contribution in [0.1, 0.15) is 80.1 Å². The molecule has 0 atom stereocenters. The second-order valence-electron chi connectivity index (χ2n) is 9.16. The molecule has 1 aliphatic heterocycles. The minimum absolute atomic E-state index is 0.00518. The van der Waals surface area contributed by atoms with E-state index < -0.39 is 5.97 Å². The third kappa shape index (κ3) is 4.14. The van der Waals surface area contributed by atoms with Crippen LogP contribution in [-0.4, -0.2) is 39.2 Å². The molecular weight excluding hydrogens is 302 g/mol. The Bertz CT molecular complexity index is 469. The Hall–Kier alpha value is -1.03. The van der Waals surface area contributed by atoms with Crippen LogP contribution >= 0.6 is 0 Å². The molecule has 0 bridgehead atoms. The van der Waals surface area contributed by atoms with E-state index in [0.29, 0.717) is 6.04 Å². The highest BCUT2D eigenvalue weighted by Gasteiger charge is 2.49. The molecule has 4 heteroatoms. The summed E-state index contributed by atoms with van der Waals surface area (Å²) in [5.41, 5.74) is 0.248. The van der Waals surface area contributed by atoms with Crippen molar-refractivity contribution in [3.05, 3.63) is 11.8 Å². The summed E-state index contributed by atoms with van der Waals surface area (Å²) in [4.78, 5) is 14.7. The molecule has 4 nitrogen and oxygen atoms in total. The van der Waals surface area contributed by atoms with Gasteiger partial charge in [0.05, 0.1) is 11.8 Å². The van der Waals surface area contributed by atoms with E-state index in [2.05, 4.69) is 39.5 Å². The van der Waals surface area contributed by atoms with Gasteiger partial charge in [0, 0.05) is 30.0 Å². The first-order valence-electron chi connectivity index (χ1n) is 9.38. The highest BCUT2D eigenvalue weighted by Crippen LogP contribution is 2.44. The monoisotopic (exact) mass is 337 g/mol. The Labute approximate surface area is 147 Å². The number of hydrogen-bond acceptors (Lipinski definition) is 4. The summed E-state index contributed by atoms with van der Waals surface area (Å²) in [5.74, 6) is 0.438. The molecule has 2 fully saturated rings. The first-order valence-corrected chi connectivity index (χ1v) is 9.38. The van der Waals surface area contributed by atoms with Gasteiger partial charge in [-0.05, 0) is 66.2 Å². The summed E-state index contributed by atoms with van der Waals surface area (Å²) in [6.45, 7) is 13.1. The SMILES string of the molecule is CC(=CO)C(=O)OC1CC(C)(C)N(C2CCC(C)CC2)C(C)(C)C1. The average Bonchev–Trinajstić information content (AvgIpc) is 2.46. The van der Waals surface area contributed by atoms with Crippen molar-refractivity contribution < 1.29 is 14.6 Å². The third-order valence-electron chi connectivity index (χ3n) is 5.90. The molecule has 0 unspecified atom stereocenters. The van der Waals surface area contributed by atoms with Crippen molar-refractivity contribution in [2.75, 3.05) is 0 Å². The summed E-state index contributed by atoms with van der Waals surface area (Å²) >= 11 is 0. The summed E-state index contributed by atoms with van der Waals surface area (Å²) in [5, 5.41) is 9.00. The van der Waals surface area contributed by atoms with Crippen molar-refractivity contribution in [2.24, 2.45) is 5.92 Å². The van der Waals surface area contributed by atoms with Gasteiger partial charge in [-0.1, -0.05) is 6.92 Å². The van der Waals surface area contributed by atoms with Gasteiger partial charge >= 0.3 is 5.97 Å². The fourth-order valence-corrected chi connectivity index (χ4v) is 5.07. The quantitative estimate of drug-likeness (QED) is 0.465. The minimum Gasteiger partial charge on any atom is -0.515 e.